The van der Waals surface area contributed by atoms with E-state index in [-0.39, 0.29) is 16.9 Å². The maximum atomic E-state index is 13.6. The molecule has 1 amide bonds. The molecule has 0 saturated heterocycles. The van der Waals surface area contributed by atoms with Gasteiger partial charge in [0.05, 0.1) is 18.3 Å². The molecule has 1 unspecified atom stereocenters. The normalized spacial score (nSPS) is 18.2. The van der Waals surface area contributed by atoms with Gasteiger partial charge in [-0.25, -0.2) is 4.68 Å². The molecule has 5 aromatic rings. The number of carbonyl (C=O) groups excluding carboxylic acids is 1. The summed E-state index contributed by atoms with van der Waals surface area (Å²) < 4.78 is 1.78. The number of fused-ring (bicyclic) bond motifs is 1. The molecule has 1 atom stereocenters. The van der Waals surface area contributed by atoms with Crippen molar-refractivity contribution in [1.29, 1.82) is 0 Å². The van der Waals surface area contributed by atoms with E-state index in [1.165, 1.54) is 0 Å². The molecule has 6 nitrogen and oxygen atoms in total. The fraction of sp³-hybridized carbons (Fsp3) is 0.200. The Morgan fingerprint density at radius 2 is 1.75 bits per heavy atom. The highest BCUT2D eigenvalue weighted by atomic mass is 16.1. The van der Waals surface area contributed by atoms with Crippen LogP contribution in [0.4, 0.5) is 0 Å². The van der Waals surface area contributed by atoms with Crippen molar-refractivity contribution >= 4 is 16.7 Å². The highest BCUT2D eigenvalue weighted by Crippen LogP contribution is 2.62. The van der Waals surface area contributed by atoms with Crippen LogP contribution in [-0.4, -0.2) is 25.9 Å². The maximum absolute atomic E-state index is 13.6. The van der Waals surface area contributed by atoms with E-state index in [0.717, 1.165) is 39.6 Å². The maximum Gasteiger partial charge on any atom is 0.252 e. The Hall–Kier alpha value is -4.32. The molecule has 1 aliphatic rings. The molecule has 1 saturated carbocycles. The Labute approximate surface area is 210 Å². The summed E-state index contributed by atoms with van der Waals surface area (Å²) in [4.78, 5) is 17.7. The first kappa shape index (κ1) is 22.2. The Morgan fingerprint density at radius 1 is 0.972 bits per heavy atom. The second-order valence-corrected chi connectivity index (χ2v) is 10.2. The summed E-state index contributed by atoms with van der Waals surface area (Å²) in [6.45, 7) is 4.86. The number of amides is 1. The lowest BCUT2D eigenvalue weighted by molar-refractivity contribution is 0.0919. The van der Waals surface area contributed by atoms with Gasteiger partial charge in [0.25, 0.3) is 5.91 Å². The summed E-state index contributed by atoms with van der Waals surface area (Å²) in [5.74, 6) is -0.0662. The zero-order valence-corrected chi connectivity index (χ0v) is 20.3. The largest absolute Gasteiger partial charge is 0.342 e. The van der Waals surface area contributed by atoms with Crippen molar-refractivity contribution in [1.82, 2.24) is 25.3 Å². The highest BCUT2D eigenvalue weighted by Gasteiger charge is 2.63. The molecule has 0 aliphatic heterocycles. The van der Waals surface area contributed by atoms with E-state index in [1.807, 2.05) is 73.1 Å². The number of hydrogen-bond donors (Lipinski definition) is 1. The van der Waals surface area contributed by atoms with Crippen LogP contribution in [0.1, 0.15) is 41.8 Å². The van der Waals surface area contributed by atoms with Gasteiger partial charge in [-0.1, -0.05) is 79.7 Å². The first-order valence-corrected chi connectivity index (χ1v) is 12.2. The van der Waals surface area contributed by atoms with Crippen molar-refractivity contribution < 1.29 is 4.79 Å². The van der Waals surface area contributed by atoms with Crippen LogP contribution >= 0.6 is 0 Å². The molecule has 6 rings (SSSR count). The molecule has 2 aromatic heterocycles. The highest BCUT2D eigenvalue weighted by molar-refractivity contribution is 5.96. The number of pyridine rings is 1. The summed E-state index contributed by atoms with van der Waals surface area (Å²) in [5, 5.41) is 14.3. The Bertz CT molecular complexity index is 1570. The van der Waals surface area contributed by atoms with Crippen LogP contribution in [0.15, 0.2) is 97.5 Å². The summed E-state index contributed by atoms with van der Waals surface area (Å²) in [7, 11) is 0. The first-order valence-electron chi connectivity index (χ1n) is 12.2. The third-order valence-electron chi connectivity index (χ3n) is 7.40. The summed E-state index contributed by atoms with van der Waals surface area (Å²) in [5.41, 5.74) is 4.13. The molecule has 6 heteroatoms. The summed E-state index contributed by atoms with van der Waals surface area (Å²) in [6.07, 6.45) is 6.47. The van der Waals surface area contributed by atoms with E-state index in [1.54, 1.807) is 10.9 Å². The van der Waals surface area contributed by atoms with Gasteiger partial charge in [0, 0.05) is 28.9 Å². The Balaban J connectivity index is 1.25. The van der Waals surface area contributed by atoms with Gasteiger partial charge in [-0.05, 0) is 46.5 Å². The minimum absolute atomic E-state index is 0.00429. The van der Waals surface area contributed by atoms with Gasteiger partial charge in [0.15, 0.2) is 0 Å². The van der Waals surface area contributed by atoms with Crippen molar-refractivity contribution in [3.05, 3.63) is 114 Å². The number of rotatable bonds is 6. The fourth-order valence-corrected chi connectivity index (χ4v) is 5.19. The monoisotopic (exact) mass is 473 g/mol. The number of hydrogen-bond acceptors (Lipinski definition) is 4. The average Bonchev–Trinajstić information content (AvgIpc) is 3.21. The predicted octanol–water partition coefficient (Wildman–Crippen LogP) is 5.60. The predicted molar refractivity (Wildman–Crippen MR) is 140 cm³/mol. The average molecular weight is 474 g/mol. The second kappa shape index (κ2) is 8.41. The van der Waals surface area contributed by atoms with Crippen LogP contribution in [0, 0.1) is 5.41 Å². The second-order valence-electron chi connectivity index (χ2n) is 10.2. The van der Waals surface area contributed by atoms with E-state index in [2.05, 4.69) is 52.7 Å². The molecule has 0 bridgehead atoms. The van der Waals surface area contributed by atoms with Crippen LogP contribution < -0.4 is 5.32 Å². The van der Waals surface area contributed by atoms with E-state index < -0.39 is 0 Å². The number of carbonyl (C=O) groups is 1. The van der Waals surface area contributed by atoms with Gasteiger partial charge in [0.1, 0.15) is 5.69 Å². The quantitative estimate of drug-likeness (QED) is 0.349. The molecule has 1 N–H and O–H groups in total. The number of aromatic nitrogens is 4. The smallest absolute Gasteiger partial charge is 0.252 e. The van der Waals surface area contributed by atoms with E-state index in [9.17, 15) is 4.79 Å². The molecular weight excluding hydrogens is 446 g/mol. The Kier molecular flexibility index (Phi) is 5.18. The molecule has 1 aliphatic carbocycles. The van der Waals surface area contributed by atoms with E-state index in [4.69, 9.17) is 0 Å². The number of nitrogens with one attached hydrogen (secondary N) is 1. The molecular formula is C30H27N5O. The Morgan fingerprint density at radius 3 is 2.56 bits per heavy atom. The number of nitrogens with zero attached hydrogens (tertiary/aromatic N) is 4. The van der Waals surface area contributed by atoms with Crippen LogP contribution in [0.2, 0.25) is 0 Å². The van der Waals surface area contributed by atoms with Gasteiger partial charge >= 0.3 is 0 Å². The third kappa shape index (κ3) is 3.85. The van der Waals surface area contributed by atoms with Crippen molar-refractivity contribution in [3.63, 3.8) is 0 Å². The van der Waals surface area contributed by atoms with Crippen LogP contribution in [0.3, 0.4) is 0 Å². The van der Waals surface area contributed by atoms with Gasteiger partial charge < -0.3 is 5.32 Å². The van der Waals surface area contributed by atoms with Gasteiger partial charge in [0.2, 0.25) is 0 Å². The molecule has 1 fully saturated rings. The van der Waals surface area contributed by atoms with Gasteiger partial charge in [-0.3, -0.25) is 9.78 Å². The molecule has 3 aromatic carbocycles. The molecule has 178 valence electrons. The minimum Gasteiger partial charge on any atom is -0.342 e. The van der Waals surface area contributed by atoms with E-state index >= 15 is 0 Å². The topological polar surface area (TPSA) is 72.7 Å². The van der Waals surface area contributed by atoms with Crippen molar-refractivity contribution in [2.75, 3.05) is 0 Å². The van der Waals surface area contributed by atoms with Crippen molar-refractivity contribution in [2.24, 2.45) is 5.41 Å². The van der Waals surface area contributed by atoms with Gasteiger partial charge in [-0.15, -0.1) is 5.10 Å². The van der Waals surface area contributed by atoms with E-state index in [0.29, 0.717) is 12.1 Å². The summed E-state index contributed by atoms with van der Waals surface area (Å²) >= 11 is 0. The van der Waals surface area contributed by atoms with Crippen LogP contribution in [-0.2, 0) is 12.1 Å². The van der Waals surface area contributed by atoms with Crippen LogP contribution in [0.25, 0.3) is 22.0 Å². The van der Waals surface area contributed by atoms with Crippen molar-refractivity contribution in [3.8, 4) is 11.3 Å². The fourth-order valence-electron chi connectivity index (χ4n) is 5.19. The lowest BCUT2D eigenvalue weighted by Crippen LogP contribution is -2.38. The lowest BCUT2D eigenvalue weighted by Gasteiger charge is -2.24. The molecule has 2 heterocycles. The molecule has 0 radical (unpaired) electrons. The molecule has 36 heavy (non-hydrogen) atoms. The zero-order valence-electron chi connectivity index (χ0n) is 20.3. The minimum atomic E-state index is -0.357. The standard InChI is InChI=1S/C30H27N5O/c1-29(2)20-30(29,25-9-4-3-5-10-25)32-28(36)26-11-7-6-8-24(26)18-35-19-27(33-34-35)22-12-13-23-17-31-15-14-21(23)16-22/h3-17,19H,18,20H2,1-2H3,(H,32,36). The third-order valence-corrected chi connectivity index (χ3v) is 7.40. The summed E-state index contributed by atoms with van der Waals surface area (Å²) in [6, 6.07) is 26.1. The van der Waals surface area contributed by atoms with Crippen molar-refractivity contribution in [2.45, 2.75) is 32.4 Å². The lowest BCUT2D eigenvalue weighted by atomic mass is 9.95. The SMILES string of the molecule is CC1(C)CC1(NC(=O)c1ccccc1Cn1cc(-c2ccc3cnccc3c2)nn1)c1ccccc1. The zero-order chi connectivity index (χ0) is 24.8. The van der Waals surface area contributed by atoms with Gasteiger partial charge in [-0.2, -0.15) is 0 Å². The number of benzene rings is 3. The molecule has 0 spiro atoms. The van der Waals surface area contributed by atoms with Crippen LogP contribution in [0.5, 0.6) is 0 Å². The first-order chi connectivity index (χ1) is 17.5.